The number of benzene rings is 1. The third-order valence-electron chi connectivity index (χ3n) is 1.73. The average Bonchev–Trinajstić information content (AvgIpc) is 2.18. The molecule has 0 radical (unpaired) electrons. The summed E-state index contributed by atoms with van der Waals surface area (Å²) in [5, 5.41) is 0.648. The van der Waals surface area contributed by atoms with E-state index in [1.54, 1.807) is 20.3 Å². The first kappa shape index (κ1) is 11.8. The summed E-state index contributed by atoms with van der Waals surface area (Å²) in [5.74, 6) is 0.719. The fourth-order valence-corrected chi connectivity index (χ4v) is 1.78. The van der Waals surface area contributed by atoms with Crippen LogP contribution in [0.25, 0.3) is 0 Å². The lowest BCUT2D eigenvalue weighted by atomic mass is 10.2. The van der Waals surface area contributed by atoms with E-state index in [0.717, 1.165) is 15.8 Å². The highest BCUT2D eigenvalue weighted by Gasteiger charge is 2.06. The van der Waals surface area contributed by atoms with E-state index in [4.69, 9.17) is 21.2 Å². The monoisotopic (exact) mass is 279 g/mol. The maximum absolute atomic E-state index is 6.02. The zero-order chi connectivity index (χ0) is 10.6. The molecule has 0 aliphatic rings. The minimum Gasteiger partial charge on any atom is -0.496 e. The highest BCUT2D eigenvalue weighted by atomic mass is 79.9. The zero-order valence-electron chi connectivity index (χ0n) is 7.93. The lowest BCUT2D eigenvalue weighted by Gasteiger charge is -2.09. The molecule has 0 aliphatic heterocycles. The van der Waals surface area contributed by atoms with Crippen LogP contribution in [0.1, 0.15) is 5.56 Å². The topological polar surface area (TPSA) is 30.5 Å². The molecule has 0 fully saturated rings. The molecule has 0 saturated carbocycles. The number of hydrogen-bond acceptors (Lipinski definition) is 3. The van der Waals surface area contributed by atoms with E-state index >= 15 is 0 Å². The van der Waals surface area contributed by atoms with E-state index in [-0.39, 0.29) is 0 Å². The molecule has 0 unspecified atom stereocenters. The van der Waals surface area contributed by atoms with Gasteiger partial charge in [0.2, 0.25) is 0 Å². The molecule has 78 valence electrons. The van der Waals surface area contributed by atoms with Gasteiger partial charge in [0, 0.05) is 17.6 Å². The second-order valence-electron chi connectivity index (χ2n) is 2.60. The van der Waals surface area contributed by atoms with Gasteiger partial charge in [-0.15, -0.1) is 0 Å². The fraction of sp³-hybridized carbons (Fsp3) is 0.333. The molecule has 1 N–H and O–H groups in total. The maximum atomic E-state index is 6.02. The van der Waals surface area contributed by atoms with Crippen molar-refractivity contribution in [3.8, 4) is 5.75 Å². The summed E-state index contributed by atoms with van der Waals surface area (Å²) in [6, 6.07) is 3.66. The second kappa shape index (κ2) is 5.56. The van der Waals surface area contributed by atoms with Gasteiger partial charge in [0.15, 0.2) is 0 Å². The Morgan fingerprint density at radius 3 is 2.71 bits per heavy atom. The van der Waals surface area contributed by atoms with Crippen molar-refractivity contribution in [1.29, 1.82) is 0 Å². The third kappa shape index (κ3) is 2.85. The third-order valence-corrected chi connectivity index (χ3v) is 2.70. The van der Waals surface area contributed by atoms with Crippen LogP contribution >= 0.6 is 27.5 Å². The summed E-state index contributed by atoms with van der Waals surface area (Å²) in [5.41, 5.74) is 3.67. The van der Waals surface area contributed by atoms with Crippen molar-refractivity contribution in [1.82, 2.24) is 5.48 Å². The van der Waals surface area contributed by atoms with Crippen molar-refractivity contribution >= 4 is 27.5 Å². The Balaban J connectivity index is 2.90. The van der Waals surface area contributed by atoms with Gasteiger partial charge in [-0.3, -0.25) is 0 Å². The van der Waals surface area contributed by atoms with Crippen LogP contribution in [0.4, 0.5) is 0 Å². The SMILES string of the molecule is CONCc1cc(Br)c(OC)cc1Cl. The van der Waals surface area contributed by atoms with E-state index in [1.165, 1.54) is 0 Å². The Hall–Kier alpha value is -0.290. The Labute approximate surface area is 96.4 Å². The van der Waals surface area contributed by atoms with E-state index in [0.29, 0.717) is 11.6 Å². The summed E-state index contributed by atoms with van der Waals surface area (Å²) in [6.07, 6.45) is 0. The maximum Gasteiger partial charge on any atom is 0.134 e. The van der Waals surface area contributed by atoms with Gasteiger partial charge in [0.05, 0.1) is 18.7 Å². The molecule has 1 aromatic rings. The lowest BCUT2D eigenvalue weighted by Crippen LogP contribution is -2.11. The smallest absolute Gasteiger partial charge is 0.134 e. The van der Waals surface area contributed by atoms with Gasteiger partial charge < -0.3 is 9.57 Å². The largest absolute Gasteiger partial charge is 0.496 e. The second-order valence-corrected chi connectivity index (χ2v) is 3.86. The van der Waals surface area contributed by atoms with Crippen LogP contribution in [-0.2, 0) is 11.4 Å². The molecule has 0 amide bonds. The molecule has 3 nitrogen and oxygen atoms in total. The van der Waals surface area contributed by atoms with Gasteiger partial charge in [-0.25, -0.2) is 0 Å². The molecule has 14 heavy (non-hydrogen) atoms. The predicted molar refractivity (Wildman–Crippen MR) is 59.6 cm³/mol. The molecule has 0 saturated heterocycles. The normalized spacial score (nSPS) is 10.3. The van der Waals surface area contributed by atoms with Crippen molar-refractivity contribution in [3.05, 3.63) is 27.2 Å². The van der Waals surface area contributed by atoms with Crippen molar-refractivity contribution in [2.75, 3.05) is 14.2 Å². The molecule has 1 rings (SSSR count). The molecule has 0 bridgehead atoms. The van der Waals surface area contributed by atoms with Gasteiger partial charge in [-0.2, -0.15) is 5.48 Å². The Kier molecular flexibility index (Phi) is 4.68. The number of hydrogen-bond donors (Lipinski definition) is 1. The van der Waals surface area contributed by atoms with E-state index < -0.39 is 0 Å². The van der Waals surface area contributed by atoms with E-state index in [9.17, 15) is 0 Å². The number of halogens is 2. The molecular formula is C9H11BrClNO2. The number of methoxy groups -OCH3 is 1. The quantitative estimate of drug-likeness (QED) is 0.860. The van der Waals surface area contributed by atoms with Crippen LogP contribution in [0.2, 0.25) is 5.02 Å². The first-order valence-electron chi connectivity index (χ1n) is 3.96. The van der Waals surface area contributed by atoms with Gasteiger partial charge in [-0.1, -0.05) is 11.6 Å². The Morgan fingerprint density at radius 2 is 2.14 bits per heavy atom. The minimum absolute atomic E-state index is 0.553. The number of hydroxylamine groups is 1. The first-order chi connectivity index (χ1) is 6.69. The minimum atomic E-state index is 0.553. The molecule has 0 atom stereocenters. The Morgan fingerprint density at radius 1 is 1.43 bits per heavy atom. The van der Waals surface area contributed by atoms with E-state index in [1.807, 2.05) is 6.07 Å². The lowest BCUT2D eigenvalue weighted by molar-refractivity contribution is 0.0867. The van der Waals surface area contributed by atoms with Crippen LogP contribution in [-0.4, -0.2) is 14.2 Å². The first-order valence-corrected chi connectivity index (χ1v) is 5.14. The zero-order valence-corrected chi connectivity index (χ0v) is 10.3. The highest BCUT2D eigenvalue weighted by molar-refractivity contribution is 9.10. The summed E-state index contributed by atoms with van der Waals surface area (Å²) < 4.78 is 5.97. The van der Waals surface area contributed by atoms with Crippen molar-refractivity contribution in [3.63, 3.8) is 0 Å². The molecule has 5 heteroatoms. The Bertz CT molecular complexity index is 320. The van der Waals surface area contributed by atoms with Crippen molar-refractivity contribution < 1.29 is 9.57 Å². The van der Waals surface area contributed by atoms with Crippen molar-refractivity contribution in [2.24, 2.45) is 0 Å². The number of ether oxygens (including phenoxy) is 1. The van der Waals surface area contributed by atoms with Crippen LogP contribution in [0.3, 0.4) is 0 Å². The molecule has 0 aliphatic carbocycles. The van der Waals surface area contributed by atoms with Crippen LogP contribution in [0.5, 0.6) is 5.75 Å². The summed E-state index contributed by atoms with van der Waals surface area (Å²) in [4.78, 5) is 4.74. The standard InChI is InChI=1S/C9H11BrClNO2/c1-13-9-4-8(11)6(3-7(9)10)5-12-14-2/h3-4,12H,5H2,1-2H3. The summed E-state index contributed by atoms with van der Waals surface area (Å²) >= 11 is 9.40. The van der Waals surface area contributed by atoms with Crippen molar-refractivity contribution in [2.45, 2.75) is 6.54 Å². The highest BCUT2D eigenvalue weighted by Crippen LogP contribution is 2.31. The van der Waals surface area contributed by atoms with Crippen LogP contribution in [0.15, 0.2) is 16.6 Å². The van der Waals surface area contributed by atoms with E-state index in [2.05, 4.69) is 21.4 Å². The molecule has 0 spiro atoms. The van der Waals surface area contributed by atoms with Crippen LogP contribution < -0.4 is 10.2 Å². The summed E-state index contributed by atoms with van der Waals surface area (Å²) in [7, 11) is 3.16. The predicted octanol–water partition coefficient (Wildman–Crippen LogP) is 2.76. The number of rotatable bonds is 4. The van der Waals surface area contributed by atoms with Crippen LogP contribution in [0, 0.1) is 0 Å². The molecule has 1 aromatic carbocycles. The molecule has 0 aromatic heterocycles. The fourth-order valence-electron chi connectivity index (χ4n) is 1.01. The van der Waals surface area contributed by atoms with Gasteiger partial charge >= 0.3 is 0 Å². The molecular weight excluding hydrogens is 269 g/mol. The van der Waals surface area contributed by atoms with Gasteiger partial charge in [0.25, 0.3) is 0 Å². The summed E-state index contributed by atoms with van der Waals surface area (Å²) in [6.45, 7) is 0.553. The van der Waals surface area contributed by atoms with Gasteiger partial charge in [0.1, 0.15) is 5.75 Å². The number of nitrogens with one attached hydrogen (secondary N) is 1. The van der Waals surface area contributed by atoms with Gasteiger partial charge in [-0.05, 0) is 27.6 Å². The average molecular weight is 281 g/mol. The molecule has 0 heterocycles.